The van der Waals surface area contributed by atoms with Gasteiger partial charge in [-0.2, -0.15) is 0 Å². The van der Waals surface area contributed by atoms with Gasteiger partial charge in [-0.25, -0.2) is 0 Å². The van der Waals surface area contributed by atoms with Crippen LogP contribution in [0.4, 0.5) is 6.01 Å². The molecular weight excluding hydrogens is 196 g/mol. The summed E-state index contributed by atoms with van der Waals surface area (Å²) in [6.07, 6.45) is 3.20. The van der Waals surface area contributed by atoms with Crippen LogP contribution in [0.1, 0.15) is 25.2 Å². The second-order valence-corrected chi connectivity index (χ2v) is 3.71. The smallest absolute Gasteiger partial charge is 0.318 e. The summed E-state index contributed by atoms with van der Waals surface area (Å²) in [4.78, 5) is 1.97. The lowest BCUT2D eigenvalue weighted by atomic mass is 10.0. The maximum Gasteiger partial charge on any atom is 0.318 e. The summed E-state index contributed by atoms with van der Waals surface area (Å²) in [6, 6.07) is 0.582. The third-order valence-electron chi connectivity index (χ3n) is 2.71. The molecule has 2 rings (SSSR count). The molecule has 3 N–H and O–H groups in total. The van der Waals surface area contributed by atoms with Gasteiger partial charge in [-0.05, 0) is 19.3 Å². The number of aliphatic hydroxyl groups is 1. The van der Waals surface area contributed by atoms with E-state index in [1.54, 1.807) is 0 Å². The molecule has 6 heteroatoms. The van der Waals surface area contributed by atoms with Crippen LogP contribution >= 0.6 is 0 Å². The topological polar surface area (TPSA) is 88.4 Å². The standard InChI is InChI=1S/C9H16N4O2/c10-5-8-11-12-9(15-8)13-4-2-1-3-7(13)6-14/h7,14H,1-6,10H2. The van der Waals surface area contributed by atoms with Gasteiger partial charge in [0.25, 0.3) is 0 Å². The van der Waals surface area contributed by atoms with Crippen molar-refractivity contribution in [3.05, 3.63) is 5.89 Å². The maximum absolute atomic E-state index is 9.23. The van der Waals surface area contributed by atoms with Crippen molar-refractivity contribution < 1.29 is 9.52 Å². The molecule has 1 aromatic rings. The van der Waals surface area contributed by atoms with Gasteiger partial charge in [0.05, 0.1) is 19.2 Å². The van der Waals surface area contributed by atoms with Gasteiger partial charge >= 0.3 is 6.01 Å². The van der Waals surface area contributed by atoms with Crippen LogP contribution in [-0.4, -0.2) is 34.5 Å². The molecule has 0 amide bonds. The zero-order valence-corrected chi connectivity index (χ0v) is 8.59. The minimum absolute atomic E-state index is 0.102. The molecular formula is C9H16N4O2. The summed E-state index contributed by atoms with van der Waals surface area (Å²) in [5.41, 5.74) is 5.40. The van der Waals surface area contributed by atoms with E-state index in [4.69, 9.17) is 10.2 Å². The fraction of sp³-hybridized carbons (Fsp3) is 0.778. The van der Waals surface area contributed by atoms with Gasteiger partial charge in [0.1, 0.15) is 0 Å². The molecule has 15 heavy (non-hydrogen) atoms. The van der Waals surface area contributed by atoms with Crippen molar-refractivity contribution in [2.45, 2.75) is 31.8 Å². The van der Waals surface area contributed by atoms with Crippen molar-refractivity contribution >= 4 is 6.01 Å². The lowest BCUT2D eigenvalue weighted by Gasteiger charge is -2.32. The molecule has 1 aliphatic heterocycles. The first-order valence-corrected chi connectivity index (χ1v) is 5.25. The highest BCUT2D eigenvalue weighted by molar-refractivity contribution is 5.27. The largest absolute Gasteiger partial charge is 0.407 e. The number of hydrogen-bond donors (Lipinski definition) is 2. The molecule has 1 aromatic heterocycles. The zero-order valence-electron chi connectivity index (χ0n) is 8.59. The molecule has 1 atom stereocenters. The van der Waals surface area contributed by atoms with E-state index >= 15 is 0 Å². The Labute approximate surface area is 88.1 Å². The lowest BCUT2D eigenvalue weighted by molar-refractivity contribution is 0.234. The van der Waals surface area contributed by atoms with Gasteiger partial charge in [-0.1, -0.05) is 5.10 Å². The van der Waals surface area contributed by atoms with Crippen molar-refractivity contribution in [2.24, 2.45) is 5.73 Å². The maximum atomic E-state index is 9.23. The number of anilines is 1. The van der Waals surface area contributed by atoms with Gasteiger partial charge in [-0.3, -0.25) is 0 Å². The predicted octanol–water partition coefficient (Wildman–Crippen LogP) is -0.121. The minimum Gasteiger partial charge on any atom is -0.407 e. The summed E-state index contributed by atoms with van der Waals surface area (Å²) < 4.78 is 5.37. The van der Waals surface area contributed by atoms with Crippen LogP contribution in [0.5, 0.6) is 0 Å². The Morgan fingerprint density at radius 2 is 2.33 bits per heavy atom. The highest BCUT2D eigenvalue weighted by Crippen LogP contribution is 2.23. The second-order valence-electron chi connectivity index (χ2n) is 3.71. The van der Waals surface area contributed by atoms with E-state index in [2.05, 4.69) is 10.2 Å². The van der Waals surface area contributed by atoms with Gasteiger partial charge in [-0.15, -0.1) is 5.10 Å². The molecule has 6 nitrogen and oxygen atoms in total. The van der Waals surface area contributed by atoms with Crippen LogP contribution in [0.3, 0.4) is 0 Å². The van der Waals surface area contributed by atoms with Gasteiger partial charge < -0.3 is 20.2 Å². The third kappa shape index (κ3) is 2.10. The first kappa shape index (κ1) is 10.4. The van der Waals surface area contributed by atoms with Gasteiger partial charge in [0.15, 0.2) is 0 Å². The van der Waals surface area contributed by atoms with E-state index in [1.807, 2.05) is 4.90 Å². The first-order chi connectivity index (χ1) is 7.35. The minimum atomic E-state index is 0.102. The molecule has 0 saturated carbocycles. The first-order valence-electron chi connectivity index (χ1n) is 5.25. The number of aromatic nitrogens is 2. The Balaban J connectivity index is 2.12. The summed E-state index contributed by atoms with van der Waals surface area (Å²) >= 11 is 0. The molecule has 0 aromatic carbocycles. The fourth-order valence-corrected chi connectivity index (χ4v) is 1.89. The Bertz CT molecular complexity index is 315. The van der Waals surface area contributed by atoms with Crippen molar-refractivity contribution in [1.29, 1.82) is 0 Å². The van der Waals surface area contributed by atoms with Crippen LogP contribution in [0.15, 0.2) is 4.42 Å². The van der Waals surface area contributed by atoms with E-state index in [0.717, 1.165) is 25.8 Å². The number of nitrogens with two attached hydrogens (primary N) is 1. The highest BCUT2D eigenvalue weighted by Gasteiger charge is 2.25. The van der Waals surface area contributed by atoms with E-state index in [9.17, 15) is 5.11 Å². The SMILES string of the molecule is NCc1nnc(N2CCCCC2CO)o1. The van der Waals surface area contributed by atoms with Crippen LogP contribution in [0.25, 0.3) is 0 Å². The molecule has 1 unspecified atom stereocenters. The second kappa shape index (κ2) is 4.59. The Morgan fingerprint density at radius 3 is 3.00 bits per heavy atom. The van der Waals surface area contributed by atoms with Crippen molar-refractivity contribution in [3.63, 3.8) is 0 Å². The number of aliphatic hydroxyl groups excluding tert-OH is 1. The molecule has 2 heterocycles. The summed E-state index contributed by atoms with van der Waals surface area (Å²) in [5, 5.41) is 17.0. The van der Waals surface area contributed by atoms with Gasteiger partial charge in [0.2, 0.25) is 5.89 Å². The molecule has 0 spiro atoms. The Hall–Kier alpha value is -1.14. The van der Waals surface area contributed by atoms with Crippen LogP contribution < -0.4 is 10.6 Å². The number of piperidine rings is 1. The molecule has 1 saturated heterocycles. The quantitative estimate of drug-likeness (QED) is 0.726. The Morgan fingerprint density at radius 1 is 1.47 bits per heavy atom. The zero-order chi connectivity index (χ0) is 10.7. The highest BCUT2D eigenvalue weighted by atomic mass is 16.4. The van der Waals surface area contributed by atoms with E-state index in [0.29, 0.717) is 11.9 Å². The third-order valence-corrected chi connectivity index (χ3v) is 2.71. The van der Waals surface area contributed by atoms with Crippen LogP contribution in [0.2, 0.25) is 0 Å². The van der Waals surface area contributed by atoms with E-state index < -0.39 is 0 Å². The van der Waals surface area contributed by atoms with Crippen LogP contribution in [0, 0.1) is 0 Å². The Kier molecular flexibility index (Phi) is 3.17. The summed E-state index contributed by atoms with van der Waals surface area (Å²) in [7, 11) is 0. The number of rotatable bonds is 3. The fourth-order valence-electron chi connectivity index (χ4n) is 1.89. The summed E-state index contributed by atoms with van der Waals surface area (Å²) in [6.45, 7) is 1.24. The van der Waals surface area contributed by atoms with Crippen LogP contribution in [-0.2, 0) is 6.54 Å². The summed E-state index contributed by atoms with van der Waals surface area (Å²) in [5.74, 6) is 0.437. The predicted molar refractivity (Wildman–Crippen MR) is 54.3 cm³/mol. The molecule has 84 valence electrons. The van der Waals surface area contributed by atoms with Crippen molar-refractivity contribution in [2.75, 3.05) is 18.1 Å². The average Bonchev–Trinajstić information content (AvgIpc) is 2.77. The number of hydrogen-bond acceptors (Lipinski definition) is 6. The average molecular weight is 212 g/mol. The molecule has 1 fully saturated rings. The lowest BCUT2D eigenvalue weighted by Crippen LogP contribution is -2.42. The monoisotopic (exact) mass is 212 g/mol. The van der Waals surface area contributed by atoms with E-state index in [-0.39, 0.29) is 19.2 Å². The molecule has 1 aliphatic rings. The normalized spacial score (nSPS) is 22.0. The molecule has 0 radical (unpaired) electrons. The molecule has 0 bridgehead atoms. The van der Waals surface area contributed by atoms with Gasteiger partial charge in [0, 0.05) is 6.54 Å². The number of nitrogens with zero attached hydrogens (tertiary/aromatic N) is 3. The van der Waals surface area contributed by atoms with Crippen molar-refractivity contribution in [1.82, 2.24) is 10.2 Å². The van der Waals surface area contributed by atoms with Crippen molar-refractivity contribution in [3.8, 4) is 0 Å². The van der Waals surface area contributed by atoms with E-state index in [1.165, 1.54) is 0 Å². The molecule has 0 aliphatic carbocycles.